The van der Waals surface area contributed by atoms with E-state index in [1.807, 2.05) is 12.1 Å². The van der Waals surface area contributed by atoms with E-state index in [0.29, 0.717) is 5.92 Å². The SMILES string of the molecule is Cc1ccc(C(C)(C)C)cc1N1CCc2nn(-c3ccccc3C(C)C)c(-c3ccc(N(C)C(N)=O)cc3)c2C1. The van der Waals surface area contributed by atoms with E-state index in [1.54, 1.807) is 7.05 Å². The third-order valence-electron chi connectivity index (χ3n) is 8.10. The van der Waals surface area contributed by atoms with Crippen molar-refractivity contribution in [3.05, 3.63) is 94.7 Å². The van der Waals surface area contributed by atoms with Gasteiger partial charge in [-0.15, -0.1) is 0 Å². The van der Waals surface area contributed by atoms with Crippen molar-refractivity contribution in [2.24, 2.45) is 5.73 Å². The summed E-state index contributed by atoms with van der Waals surface area (Å²) in [5.41, 5.74) is 17.2. The van der Waals surface area contributed by atoms with E-state index in [2.05, 4.69) is 106 Å². The highest BCUT2D eigenvalue weighted by Gasteiger charge is 2.28. The summed E-state index contributed by atoms with van der Waals surface area (Å²) in [7, 11) is 1.69. The number of anilines is 2. The maximum Gasteiger partial charge on any atom is 0.318 e. The number of urea groups is 1. The van der Waals surface area contributed by atoms with Gasteiger partial charge in [-0.3, -0.25) is 4.90 Å². The number of carbonyl (C=O) groups excluding carboxylic acids is 1. The Morgan fingerprint density at radius 1 is 1.00 bits per heavy atom. The number of carbonyl (C=O) groups is 1. The summed E-state index contributed by atoms with van der Waals surface area (Å²) in [6, 6.07) is 23.0. The zero-order valence-corrected chi connectivity index (χ0v) is 24.8. The van der Waals surface area contributed by atoms with Crippen LogP contribution in [0.25, 0.3) is 16.9 Å². The van der Waals surface area contributed by atoms with Gasteiger partial charge in [0.2, 0.25) is 0 Å². The van der Waals surface area contributed by atoms with Crippen molar-refractivity contribution in [2.75, 3.05) is 23.4 Å². The average Bonchev–Trinajstić information content (AvgIpc) is 3.31. The lowest BCUT2D eigenvalue weighted by Crippen LogP contribution is -2.31. The third-order valence-corrected chi connectivity index (χ3v) is 8.10. The molecule has 2 amide bonds. The van der Waals surface area contributed by atoms with E-state index in [4.69, 9.17) is 10.8 Å². The monoisotopic (exact) mass is 535 g/mol. The van der Waals surface area contributed by atoms with Gasteiger partial charge in [-0.1, -0.05) is 77.1 Å². The van der Waals surface area contributed by atoms with E-state index in [9.17, 15) is 4.79 Å². The first-order valence-corrected chi connectivity index (χ1v) is 14.2. The van der Waals surface area contributed by atoms with E-state index in [-0.39, 0.29) is 5.41 Å². The summed E-state index contributed by atoms with van der Waals surface area (Å²) in [6.07, 6.45) is 0.876. The van der Waals surface area contributed by atoms with E-state index < -0.39 is 6.03 Å². The molecular formula is C34H41N5O. The lowest BCUT2D eigenvalue weighted by molar-refractivity contribution is 0.255. The van der Waals surface area contributed by atoms with Crippen LogP contribution >= 0.6 is 0 Å². The molecule has 5 rings (SSSR count). The number of hydrogen-bond donors (Lipinski definition) is 1. The van der Waals surface area contributed by atoms with Gasteiger partial charge in [-0.2, -0.15) is 5.10 Å². The van der Waals surface area contributed by atoms with Crippen LogP contribution in [-0.4, -0.2) is 29.4 Å². The van der Waals surface area contributed by atoms with Crippen LogP contribution in [0.15, 0.2) is 66.7 Å². The molecule has 1 aliphatic heterocycles. The van der Waals surface area contributed by atoms with Gasteiger partial charge >= 0.3 is 6.03 Å². The molecule has 0 saturated carbocycles. The Hall–Kier alpha value is -4.06. The Kier molecular flexibility index (Phi) is 7.21. The minimum atomic E-state index is -0.482. The molecule has 208 valence electrons. The first kappa shape index (κ1) is 27.5. The second-order valence-corrected chi connectivity index (χ2v) is 12.3. The van der Waals surface area contributed by atoms with Gasteiger partial charge in [-0.25, -0.2) is 9.48 Å². The van der Waals surface area contributed by atoms with Crippen LogP contribution in [0.5, 0.6) is 0 Å². The van der Waals surface area contributed by atoms with E-state index in [1.165, 1.54) is 32.8 Å². The number of nitrogens with two attached hydrogens (primary N) is 1. The molecular weight excluding hydrogens is 494 g/mol. The molecule has 4 aromatic rings. The third kappa shape index (κ3) is 5.10. The molecule has 0 fully saturated rings. The van der Waals surface area contributed by atoms with Crippen LogP contribution in [0.3, 0.4) is 0 Å². The minimum absolute atomic E-state index is 0.0832. The molecule has 0 bridgehead atoms. The zero-order valence-electron chi connectivity index (χ0n) is 24.8. The highest BCUT2D eigenvalue weighted by molar-refractivity contribution is 5.90. The number of fused-ring (bicyclic) bond motifs is 1. The van der Waals surface area contributed by atoms with Crippen molar-refractivity contribution in [3.8, 4) is 16.9 Å². The van der Waals surface area contributed by atoms with Gasteiger partial charge in [0.1, 0.15) is 0 Å². The Balaban J connectivity index is 1.65. The lowest BCUT2D eigenvalue weighted by atomic mass is 9.86. The standard InChI is InChI=1S/C34H41N5O/c1-22(2)27-10-8-9-11-30(27)39-32(24-13-16-26(17-14-24)37(7)33(35)40)28-21-38(19-18-29(28)36-39)31-20-25(34(4,5)6)15-12-23(31)3/h8-17,20,22H,18-19,21H2,1-7H3,(H2,35,40). The summed E-state index contributed by atoms with van der Waals surface area (Å²) in [6.45, 7) is 15.2. The fourth-order valence-corrected chi connectivity index (χ4v) is 5.61. The maximum absolute atomic E-state index is 11.8. The Morgan fingerprint density at radius 2 is 1.70 bits per heavy atom. The van der Waals surface area contributed by atoms with Crippen LogP contribution < -0.4 is 15.5 Å². The second kappa shape index (κ2) is 10.5. The van der Waals surface area contributed by atoms with E-state index in [0.717, 1.165) is 47.8 Å². The van der Waals surface area contributed by atoms with Crippen molar-refractivity contribution >= 4 is 17.4 Å². The van der Waals surface area contributed by atoms with Crippen molar-refractivity contribution in [2.45, 2.75) is 65.8 Å². The molecule has 0 spiro atoms. The largest absolute Gasteiger partial charge is 0.366 e. The Labute approximate surface area is 238 Å². The van der Waals surface area contributed by atoms with Crippen LogP contribution in [0.2, 0.25) is 0 Å². The van der Waals surface area contributed by atoms with Crippen molar-refractivity contribution in [3.63, 3.8) is 0 Å². The highest BCUT2D eigenvalue weighted by atomic mass is 16.2. The number of amides is 2. The molecule has 6 nitrogen and oxygen atoms in total. The molecule has 0 aliphatic carbocycles. The van der Waals surface area contributed by atoms with Crippen molar-refractivity contribution in [1.82, 2.24) is 9.78 Å². The number of nitrogens with zero attached hydrogens (tertiary/aromatic N) is 4. The smallest absolute Gasteiger partial charge is 0.318 e. The summed E-state index contributed by atoms with van der Waals surface area (Å²) in [5.74, 6) is 0.358. The summed E-state index contributed by atoms with van der Waals surface area (Å²) >= 11 is 0. The summed E-state index contributed by atoms with van der Waals surface area (Å²) < 4.78 is 2.15. The van der Waals surface area contributed by atoms with Gasteiger partial charge in [0.05, 0.1) is 17.1 Å². The summed E-state index contributed by atoms with van der Waals surface area (Å²) in [5, 5.41) is 5.24. The number of primary amides is 1. The first-order chi connectivity index (χ1) is 19.0. The first-order valence-electron chi connectivity index (χ1n) is 14.2. The van der Waals surface area contributed by atoms with Crippen LogP contribution in [0.1, 0.15) is 68.5 Å². The predicted molar refractivity (Wildman–Crippen MR) is 166 cm³/mol. The predicted octanol–water partition coefficient (Wildman–Crippen LogP) is 7.35. The van der Waals surface area contributed by atoms with Crippen molar-refractivity contribution < 1.29 is 4.79 Å². The highest BCUT2D eigenvalue weighted by Crippen LogP contribution is 2.38. The fraction of sp³-hybridized carbons (Fsp3) is 0.353. The lowest BCUT2D eigenvalue weighted by Gasteiger charge is -2.32. The molecule has 1 aromatic heterocycles. The molecule has 0 saturated heterocycles. The van der Waals surface area contributed by atoms with Gasteiger partial charge in [-0.05, 0) is 59.2 Å². The molecule has 2 heterocycles. The Bertz CT molecular complexity index is 1540. The van der Waals surface area contributed by atoms with Crippen molar-refractivity contribution in [1.29, 1.82) is 0 Å². The molecule has 0 radical (unpaired) electrons. The van der Waals surface area contributed by atoms with Gasteiger partial charge in [0, 0.05) is 49.1 Å². The minimum Gasteiger partial charge on any atom is -0.366 e. The second-order valence-electron chi connectivity index (χ2n) is 12.3. The number of aromatic nitrogens is 2. The molecule has 6 heteroatoms. The maximum atomic E-state index is 11.8. The fourth-order valence-electron chi connectivity index (χ4n) is 5.61. The van der Waals surface area contributed by atoms with E-state index >= 15 is 0 Å². The average molecular weight is 536 g/mol. The van der Waals surface area contributed by atoms with Gasteiger partial charge in [0.25, 0.3) is 0 Å². The molecule has 2 N–H and O–H groups in total. The quantitative estimate of drug-likeness (QED) is 0.291. The topological polar surface area (TPSA) is 67.4 Å². The Morgan fingerprint density at radius 3 is 2.35 bits per heavy atom. The number of para-hydroxylation sites is 1. The molecule has 0 unspecified atom stereocenters. The number of benzene rings is 3. The summed E-state index contributed by atoms with van der Waals surface area (Å²) in [4.78, 5) is 15.7. The normalized spacial score (nSPS) is 13.4. The molecule has 0 atom stereocenters. The van der Waals surface area contributed by atoms with Crippen LogP contribution in [0, 0.1) is 6.92 Å². The van der Waals surface area contributed by atoms with Crippen LogP contribution in [0.4, 0.5) is 16.2 Å². The van der Waals surface area contributed by atoms with Gasteiger partial charge < -0.3 is 10.6 Å². The molecule has 1 aliphatic rings. The number of rotatable bonds is 5. The molecule has 3 aromatic carbocycles. The zero-order chi connectivity index (χ0) is 28.8. The number of hydrogen-bond acceptors (Lipinski definition) is 3. The molecule has 40 heavy (non-hydrogen) atoms. The van der Waals surface area contributed by atoms with Crippen LogP contribution in [-0.2, 0) is 18.4 Å². The number of aryl methyl sites for hydroxylation is 1. The van der Waals surface area contributed by atoms with Gasteiger partial charge in [0.15, 0.2) is 0 Å².